The molecule has 0 aliphatic rings. The van der Waals surface area contributed by atoms with Crippen LogP contribution in [0.25, 0.3) is 16.9 Å². The number of aromatic nitrogens is 2. The summed E-state index contributed by atoms with van der Waals surface area (Å²) in [7, 11) is 0. The minimum atomic E-state index is -0.548. The number of hydrogen-bond donors (Lipinski definition) is 0. The molecule has 2 aromatic carbocycles. The third-order valence-corrected chi connectivity index (χ3v) is 5.31. The summed E-state index contributed by atoms with van der Waals surface area (Å²) in [6.45, 7) is 1.95. The van der Waals surface area contributed by atoms with E-state index in [-0.39, 0.29) is 18.0 Å². The number of thioether (sulfide) groups is 1. The van der Waals surface area contributed by atoms with E-state index in [0.29, 0.717) is 20.1 Å². The summed E-state index contributed by atoms with van der Waals surface area (Å²) in [4.78, 5) is 13.0. The van der Waals surface area contributed by atoms with Crippen LogP contribution >= 0.6 is 39.3 Å². The Morgan fingerprint density at radius 3 is 2.59 bits per heavy atom. The highest BCUT2D eigenvalue weighted by Crippen LogP contribution is 2.36. The molecule has 140 valence electrons. The second-order valence-electron chi connectivity index (χ2n) is 5.47. The molecule has 8 heteroatoms. The van der Waals surface area contributed by atoms with Gasteiger partial charge in [0.1, 0.15) is 11.5 Å². The van der Waals surface area contributed by atoms with Gasteiger partial charge in [-0.1, -0.05) is 39.7 Å². The number of nitrogens with zero attached hydrogens (tertiary/aromatic N) is 2. The fourth-order valence-electron chi connectivity index (χ4n) is 2.62. The Hall–Kier alpha value is -1.83. The van der Waals surface area contributed by atoms with E-state index < -0.39 is 11.8 Å². The Balaban J connectivity index is 2.30. The predicted octanol–water partition coefficient (Wildman–Crippen LogP) is 5.99. The van der Waals surface area contributed by atoms with Gasteiger partial charge in [-0.3, -0.25) is 0 Å². The average Bonchev–Trinajstić information content (AvgIpc) is 3.02. The molecule has 0 radical (unpaired) electrons. The third kappa shape index (κ3) is 4.05. The number of rotatable bonds is 5. The molecule has 4 nitrogen and oxygen atoms in total. The van der Waals surface area contributed by atoms with Gasteiger partial charge in [0.25, 0.3) is 0 Å². The Labute approximate surface area is 173 Å². The summed E-state index contributed by atoms with van der Waals surface area (Å²) in [5.74, 6) is -1.02. The third-order valence-electron chi connectivity index (χ3n) is 3.77. The van der Waals surface area contributed by atoms with E-state index in [1.54, 1.807) is 43.3 Å². The van der Waals surface area contributed by atoms with Gasteiger partial charge in [-0.15, -0.1) is 11.8 Å². The highest BCUT2D eigenvalue weighted by Gasteiger charge is 2.26. The van der Waals surface area contributed by atoms with E-state index in [1.807, 2.05) is 6.26 Å². The molecule has 0 aliphatic carbocycles. The fourth-order valence-corrected chi connectivity index (χ4v) is 3.79. The number of ether oxygens (including phenoxy) is 1. The number of carbonyl (C=O) groups excluding carboxylic acids is 1. The van der Waals surface area contributed by atoms with Crippen molar-refractivity contribution in [3.05, 3.63) is 63.5 Å². The first-order chi connectivity index (χ1) is 13.0. The lowest BCUT2D eigenvalue weighted by Crippen LogP contribution is -2.08. The Morgan fingerprint density at radius 2 is 2.00 bits per heavy atom. The van der Waals surface area contributed by atoms with Crippen LogP contribution in [0.2, 0.25) is 5.02 Å². The number of halogens is 3. The smallest absolute Gasteiger partial charge is 0.360 e. The molecule has 3 aromatic rings. The van der Waals surface area contributed by atoms with Gasteiger partial charge in [0, 0.05) is 15.1 Å². The van der Waals surface area contributed by atoms with Crippen LogP contribution in [-0.4, -0.2) is 28.6 Å². The maximum absolute atomic E-state index is 14.7. The van der Waals surface area contributed by atoms with E-state index in [1.165, 1.54) is 22.5 Å². The summed E-state index contributed by atoms with van der Waals surface area (Å²) in [6.07, 6.45) is 1.83. The number of carbonyl (C=O) groups is 1. The van der Waals surface area contributed by atoms with Crippen molar-refractivity contribution in [2.75, 3.05) is 12.9 Å². The van der Waals surface area contributed by atoms with Gasteiger partial charge in [-0.05, 0) is 43.5 Å². The normalized spacial score (nSPS) is 10.9. The number of hydrogen-bond acceptors (Lipinski definition) is 4. The van der Waals surface area contributed by atoms with Crippen LogP contribution in [0.5, 0.6) is 0 Å². The molecule has 0 aliphatic heterocycles. The maximum Gasteiger partial charge on any atom is 0.360 e. The second-order valence-corrected chi connectivity index (χ2v) is 7.63. The largest absolute Gasteiger partial charge is 0.461 e. The average molecular weight is 470 g/mol. The van der Waals surface area contributed by atoms with Gasteiger partial charge < -0.3 is 4.74 Å². The first kappa shape index (κ1) is 19.9. The van der Waals surface area contributed by atoms with Crippen molar-refractivity contribution in [3.8, 4) is 16.9 Å². The summed E-state index contributed by atoms with van der Waals surface area (Å²) >= 11 is 10.6. The van der Waals surface area contributed by atoms with Crippen LogP contribution in [0.4, 0.5) is 4.39 Å². The van der Waals surface area contributed by atoms with Crippen LogP contribution < -0.4 is 0 Å². The molecular weight excluding hydrogens is 455 g/mol. The zero-order valence-corrected chi connectivity index (χ0v) is 17.7. The summed E-state index contributed by atoms with van der Waals surface area (Å²) in [6, 6.07) is 11.8. The van der Waals surface area contributed by atoms with Crippen molar-refractivity contribution in [3.63, 3.8) is 0 Å². The highest BCUT2D eigenvalue weighted by molar-refractivity contribution is 9.10. The Morgan fingerprint density at radius 1 is 1.30 bits per heavy atom. The van der Waals surface area contributed by atoms with Crippen molar-refractivity contribution in [2.24, 2.45) is 0 Å². The first-order valence-corrected chi connectivity index (χ1v) is 10.4. The van der Waals surface area contributed by atoms with Gasteiger partial charge in [0.2, 0.25) is 0 Å². The van der Waals surface area contributed by atoms with Gasteiger partial charge in [0.15, 0.2) is 5.69 Å². The molecule has 0 N–H and O–H groups in total. The van der Waals surface area contributed by atoms with Gasteiger partial charge in [-0.25, -0.2) is 13.9 Å². The quantitative estimate of drug-likeness (QED) is 0.340. The van der Waals surface area contributed by atoms with Crippen LogP contribution in [-0.2, 0) is 4.74 Å². The molecular formula is C19H15BrClFN2O2S. The Bertz CT molecular complexity index is 992. The fraction of sp³-hybridized carbons (Fsp3) is 0.158. The van der Waals surface area contributed by atoms with E-state index in [9.17, 15) is 9.18 Å². The molecule has 0 spiro atoms. The van der Waals surface area contributed by atoms with Crippen LogP contribution in [0, 0.1) is 5.82 Å². The second kappa shape index (κ2) is 8.46. The standard InChI is InChI=1S/C19H15BrClFN2O2S/c1-3-26-19(25)16-18(27-2)17(11-4-7-13(21)8-5-11)24(23-16)15-9-6-12(20)10-14(15)22/h4-10H,3H2,1-2H3. The van der Waals surface area contributed by atoms with Crippen molar-refractivity contribution in [1.82, 2.24) is 9.78 Å². The molecule has 1 aromatic heterocycles. The van der Waals surface area contributed by atoms with Crippen LogP contribution in [0.1, 0.15) is 17.4 Å². The molecule has 0 unspecified atom stereocenters. The SMILES string of the molecule is CCOC(=O)c1nn(-c2ccc(Br)cc2F)c(-c2ccc(Cl)cc2)c1SC. The molecule has 3 rings (SSSR count). The monoisotopic (exact) mass is 468 g/mol. The summed E-state index contributed by atoms with van der Waals surface area (Å²) in [5, 5.41) is 4.97. The molecule has 0 amide bonds. The number of esters is 1. The van der Waals surface area contributed by atoms with Gasteiger partial charge in [-0.2, -0.15) is 5.10 Å². The van der Waals surface area contributed by atoms with E-state index in [4.69, 9.17) is 16.3 Å². The van der Waals surface area contributed by atoms with Crippen LogP contribution in [0.3, 0.4) is 0 Å². The molecule has 1 heterocycles. The molecule has 0 saturated carbocycles. The molecule has 0 bridgehead atoms. The topological polar surface area (TPSA) is 44.1 Å². The minimum absolute atomic E-state index is 0.150. The van der Waals surface area contributed by atoms with E-state index in [0.717, 1.165) is 5.56 Å². The lowest BCUT2D eigenvalue weighted by molar-refractivity contribution is 0.0515. The molecule has 0 saturated heterocycles. The van der Waals surface area contributed by atoms with E-state index in [2.05, 4.69) is 21.0 Å². The van der Waals surface area contributed by atoms with E-state index >= 15 is 0 Å². The molecule has 0 atom stereocenters. The summed E-state index contributed by atoms with van der Waals surface area (Å²) < 4.78 is 21.8. The lowest BCUT2D eigenvalue weighted by atomic mass is 10.1. The predicted molar refractivity (Wildman–Crippen MR) is 109 cm³/mol. The van der Waals surface area contributed by atoms with Gasteiger partial charge in [0.05, 0.1) is 17.2 Å². The first-order valence-electron chi connectivity index (χ1n) is 8.01. The molecule has 27 heavy (non-hydrogen) atoms. The van der Waals surface area contributed by atoms with Crippen LogP contribution in [0.15, 0.2) is 51.8 Å². The highest BCUT2D eigenvalue weighted by atomic mass is 79.9. The molecule has 0 fully saturated rings. The van der Waals surface area contributed by atoms with Crippen molar-refractivity contribution in [1.29, 1.82) is 0 Å². The van der Waals surface area contributed by atoms with Crippen molar-refractivity contribution >= 4 is 45.3 Å². The lowest BCUT2D eigenvalue weighted by Gasteiger charge is -2.10. The summed E-state index contributed by atoms with van der Waals surface area (Å²) in [5.41, 5.74) is 1.74. The zero-order chi connectivity index (χ0) is 19.6. The minimum Gasteiger partial charge on any atom is -0.461 e. The maximum atomic E-state index is 14.7. The van der Waals surface area contributed by atoms with Crippen molar-refractivity contribution < 1.29 is 13.9 Å². The van der Waals surface area contributed by atoms with Gasteiger partial charge >= 0.3 is 5.97 Å². The number of benzene rings is 2. The van der Waals surface area contributed by atoms with Crippen molar-refractivity contribution in [2.45, 2.75) is 11.8 Å². The Kier molecular flexibility index (Phi) is 6.24. The zero-order valence-electron chi connectivity index (χ0n) is 14.5.